The van der Waals surface area contributed by atoms with E-state index in [9.17, 15) is 9.59 Å². The molecule has 0 bridgehead atoms. The molecule has 0 spiro atoms. The third-order valence-electron chi connectivity index (χ3n) is 4.61. The Bertz CT molecular complexity index is 540. The second-order valence-corrected chi connectivity index (χ2v) is 5.79. The number of aromatic carboxylic acids is 1. The van der Waals surface area contributed by atoms with Crippen molar-refractivity contribution in [2.45, 2.75) is 38.1 Å². The summed E-state index contributed by atoms with van der Waals surface area (Å²) in [5.41, 5.74) is 0.674. The fourth-order valence-electron chi connectivity index (χ4n) is 3.66. The first-order valence-electron chi connectivity index (χ1n) is 7.31. The first-order valence-corrected chi connectivity index (χ1v) is 7.31. The summed E-state index contributed by atoms with van der Waals surface area (Å²) in [5.74, 6) is -0.350. The van der Waals surface area contributed by atoms with E-state index in [-0.39, 0.29) is 11.5 Å². The Balaban J connectivity index is 1.84. The number of hydrogen-bond donors (Lipinski definition) is 1. The van der Waals surface area contributed by atoms with Crippen LogP contribution in [0.4, 0.5) is 0 Å². The van der Waals surface area contributed by atoms with E-state index in [4.69, 9.17) is 5.11 Å². The van der Waals surface area contributed by atoms with Gasteiger partial charge in [-0.25, -0.2) is 4.79 Å². The Morgan fingerprint density at radius 2 is 1.85 bits per heavy atom. The molecule has 2 atom stereocenters. The molecule has 1 N–H and O–H groups in total. The van der Waals surface area contributed by atoms with Gasteiger partial charge in [0.1, 0.15) is 0 Å². The van der Waals surface area contributed by atoms with Gasteiger partial charge in [0.15, 0.2) is 0 Å². The third kappa shape index (κ3) is 2.30. The van der Waals surface area contributed by atoms with Crippen LogP contribution in [-0.4, -0.2) is 34.5 Å². The molecule has 1 aromatic rings. The summed E-state index contributed by atoms with van der Waals surface area (Å²) in [6.45, 7) is 0.803. The largest absolute Gasteiger partial charge is 0.478 e. The van der Waals surface area contributed by atoms with Crippen LogP contribution in [-0.2, 0) is 0 Å². The molecule has 106 valence electrons. The molecular formula is C16H19NO3. The van der Waals surface area contributed by atoms with Crippen molar-refractivity contribution in [3.05, 3.63) is 35.4 Å². The first-order chi connectivity index (χ1) is 9.66. The molecule has 1 heterocycles. The number of carboxylic acid groups (broad SMARTS) is 1. The number of rotatable bonds is 2. The fraction of sp³-hybridized carbons (Fsp3) is 0.500. The molecule has 1 aromatic carbocycles. The Kier molecular flexibility index (Phi) is 3.47. The summed E-state index contributed by atoms with van der Waals surface area (Å²) in [6, 6.07) is 6.74. The second-order valence-electron chi connectivity index (χ2n) is 5.79. The quantitative estimate of drug-likeness (QED) is 0.901. The van der Waals surface area contributed by atoms with Crippen molar-refractivity contribution in [3.8, 4) is 0 Å². The SMILES string of the molecule is O=C(O)c1cccc(C(=O)N2CCC[C@H]3CCC[C@@H]32)c1. The van der Waals surface area contributed by atoms with Gasteiger partial charge in [0.05, 0.1) is 5.56 Å². The highest BCUT2D eigenvalue weighted by Crippen LogP contribution is 2.37. The molecular weight excluding hydrogens is 254 g/mol. The molecule has 0 aromatic heterocycles. The second kappa shape index (κ2) is 5.27. The van der Waals surface area contributed by atoms with Crippen LogP contribution in [0.2, 0.25) is 0 Å². The lowest BCUT2D eigenvalue weighted by atomic mass is 9.91. The third-order valence-corrected chi connectivity index (χ3v) is 4.61. The molecule has 4 heteroatoms. The summed E-state index contributed by atoms with van der Waals surface area (Å²) < 4.78 is 0. The average Bonchev–Trinajstić information content (AvgIpc) is 2.95. The Labute approximate surface area is 118 Å². The van der Waals surface area contributed by atoms with E-state index in [1.807, 2.05) is 4.90 Å². The molecule has 1 aliphatic carbocycles. The van der Waals surface area contributed by atoms with E-state index in [2.05, 4.69) is 0 Å². The standard InChI is InChI=1S/C16H19NO3/c18-15(12-5-1-6-13(10-12)16(19)20)17-9-3-7-11-4-2-8-14(11)17/h1,5-6,10-11,14H,2-4,7-9H2,(H,19,20)/t11-,14+/m1/s1. The van der Waals surface area contributed by atoms with Gasteiger partial charge in [-0.05, 0) is 49.8 Å². The zero-order valence-corrected chi connectivity index (χ0v) is 11.4. The molecule has 0 radical (unpaired) electrons. The van der Waals surface area contributed by atoms with Gasteiger partial charge in [-0.3, -0.25) is 4.79 Å². The van der Waals surface area contributed by atoms with E-state index in [0.717, 1.165) is 19.4 Å². The minimum Gasteiger partial charge on any atom is -0.478 e. The van der Waals surface area contributed by atoms with Crippen molar-refractivity contribution in [2.24, 2.45) is 5.92 Å². The maximum Gasteiger partial charge on any atom is 0.335 e. The van der Waals surface area contributed by atoms with Gasteiger partial charge < -0.3 is 10.0 Å². The van der Waals surface area contributed by atoms with Crippen LogP contribution in [0.1, 0.15) is 52.8 Å². The van der Waals surface area contributed by atoms with Crippen molar-refractivity contribution in [1.82, 2.24) is 4.90 Å². The number of hydrogen-bond acceptors (Lipinski definition) is 2. The molecule has 0 unspecified atom stereocenters. The maximum absolute atomic E-state index is 12.7. The molecule has 1 amide bonds. The first kappa shape index (κ1) is 13.2. The van der Waals surface area contributed by atoms with E-state index in [0.29, 0.717) is 17.5 Å². The van der Waals surface area contributed by atoms with Crippen LogP contribution < -0.4 is 0 Å². The summed E-state index contributed by atoms with van der Waals surface area (Å²) >= 11 is 0. The van der Waals surface area contributed by atoms with Gasteiger partial charge in [0, 0.05) is 18.2 Å². The minimum absolute atomic E-state index is 0.00954. The zero-order chi connectivity index (χ0) is 14.1. The van der Waals surface area contributed by atoms with E-state index >= 15 is 0 Å². The maximum atomic E-state index is 12.7. The molecule has 3 rings (SSSR count). The van der Waals surface area contributed by atoms with Crippen molar-refractivity contribution < 1.29 is 14.7 Å². The van der Waals surface area contributed by atoms with E-state index in [1.165, 1.54) is 31.4 Å². The molecule has 2 aliphatic rings. The minimum atomic E-state index is -0.989. The van der Waals surface area contributed by atoms with Gasteiger partial charge in [-0.1, -0.05) is 12.5 Å². The molecule has 1 saturated heterocycles. The highest BCUT2D eigenvalue weighted by molar-refractivity contribution is 5.97. The molecule has 1 saturated carbocycles. The Hall–Kier alpha value is -1.84. The molecule has 20 heavy (non-hydrogen) atoms. The Morgan fingerprint density at radius 3 is 2.65 bits per heavy atom. The molecule has 1 aliphatic heterocycles. The van der Waals surface area contributed by atoms with Crippen LogP contribution in [0.3, 0.4) is 0 Å². The van der Waals surface area contributed by atoms with Gasteiger partial charge in [-0.2, -0.15) is 0 Å². The van der Waals surface area contributed by atoms with Gasteiger partial charge >= 0.3 is 5.97 Å². The monoisotopic (exact) mass is 273 g/mol. The number of carbonyl (C=O) groups excluding carboxylic acids is 1. The number of amides is 1. The van der Waals surface area contributed by atoms with Crippen LogP contribution in [0.5, 0.6) is 0 Å². The lowest BCUT2D eigenvalue weighted by Crippen LogP contribution is -2.46. The highest BCUT2D eigenvalue weighted by Gasteiger charge is 2.37. The normalized spacial score (nSPS) is 25.3. The number of nitrogens with zero attached hydrogens (tertiary/aromatic N) is 1. The van der Waals surface area contributed by atoms with Gasteiger partial charge in [-0.15, -0.1) is 0 Å². The average molecular weight is 273 g/mol. The summed E-state index contributed by atoms with van der Waals surface area (Å²) in [5, 5.41) is 9.03. The lowest BCUT2D eigenvalue weighted by molar-refractivity contribution is 0.0548. The van der Waals surface area contributed by atoms with E-state index in [1.54, 1.807) is 12.1 Å². The summed E-state index contributed by atoms with van der Waals surface area (Å²) in [6.07, 6.45) is 5.81. The van der Waals surface area contributed by atoms with Crippen molar-refractivity contribution in [1.29, 1.82) is 0 Å². The number of benzene rings is 1. The molecule has 2 fully saturated rings. The van der Waals surface area contributed by atoms with Crippen molar-refractivity contribution >= 4 is 11.9 Å². The van der Waals surface area contributed by atoms with Gasteiger partial charge in [0.2, 0.25) is 0 Å². The zero-order valence-electron chi connectivity index (χ0n) is 11.4. The highest BCUT2D eigenvalue weighted by atomic mass is 16.4. The van der Waals surface area contributed by atoms with Crippen LogP contribution in [0, 0.1) is 5.92 Å². The predicted octanol–water partition coefficient (Wildman–Crippen LogP) is 2.79. The Morgan fingerprint density at radius 1 is 1.10 bits per heavy atom. The number of fused-ring (bicyclic) bond motifs is 1. The van der Waals surface area contributed by atoms with E-state index < -0.39 is 5.97 Å². The number of carbonyl (C=O) groups is 2. The van der Waals surface area contributed by atoms with Gasteiger partial charge in [0.25, 0.3) is 5.91 Å². The van der Waals surface area contributed by atoms with Crippen LogP contribution in [0.25, 0.3) is 0 Å². The number of piperidine rings is 1. The molecule has 4 nitrogen and oxygen atoms in total. The van der Waals surface area contributed by atoms with Crippen LogP contribution in [0.15, 0.2) is 24.3 Å². The predicted molar refractivity (Wildman–Crippen MR) is 74.8 cm³/mol. The fourth-order valence-corrected chi connectivity index (χ4v) is 3.66. The van der Waals surface area contributed by atoms with Crippen molar-refractivity contribution in [3.63, 3.8) is 0 Å². The summed E-state index contributed by atoms with van der Waals surface area (Å²) in [7, 11) is 0. The number of likely N-dealkylation sites (tertiary alicyclic amines) is 1. The summed E-state index contributed by atoms with van der Waals surface area (Å²) in [4.78, 5) is 25.6. The van der Waals surface area contributed by atoms with Crippen LogP contribution >= 0.6 is 0 Å². The topological polar surface area (TPSA) is 57.6 Å². The van der Waals surface area contributed by atoms with Crippen molar-refractivity contribution in [2.75, 3.05) is 6.54 Å². The lowest BCUT2D eigenvalue weighted by Gasteiger charge is -2.37. The number of carboxylic acids is 1. The smallest absolute Gasteiger partial charge is 0.335 e.